The Balaban J connectivity index is 2.46. The van der Waals surface area contributed by atoms with Crippen LogP contribution in [0.25, 0.3) is 0 Å². The summed E-state index contributed by atoms with van der Waals surface area (Å²) < 4.78 is 4.72. The van der Waals surface area contributed by atoms with Gasteiger partial charge in [0, 0.05) is 0 Å². The van der Waals surface area contributed by atoms with E-state index in [9.17, 15) is 9.59 Å². The first kappa shape index (κ1) is 9.98. The Morgan fingerprint density at radius 3 is 2.54 bits per heavy atom. The van der Waals surface area contributed by atoms with Crippen molar-refractivity contribution in [3.63, 3.8) is 0 Å². The maximum Gasteiger partial charge on any atom is 0.326 e. The van der Waals surface area contributed by atoms with Crippen LogP contribution in [0.5, 0.6) is 0 Å². The van der Waals surface area contributed by atoms with Crippen LogP contribution < -0.4 is 5.73 Å². The number of carboxylic acid groups (broad SMARTS) is 1. The van der Waals surface area contributed by atoms with E-state index in [0.717, 1.165) is 0 Å². The summed E-state index contributed by atoms with van der Waals surface area (Å²) in [7, 11) is 0. The van der Waals surface area contributed by atoms with Gasteiger partial charge < -0.3 is 15.6 Å². The second kappa shape index (κ2) is 3.33. The molecule has 1 aliphatic carbocycles. The zero-order valence-electron chi connectivity index (χ0n) is 7.45. The molecule has 0 aliphatic heterocycles. The SMILES string of the molecule is CCOC(=O)C1(N)CC(C(=O)O)C1. The van der Waals surface area contributed by atoms with E-state index in [2.05, 4.69) is 0 Å². The fourth-order valence-corrected chi connectivity index (χ4v) is 1.44. The van der Waals surface area contributed by atoms with Gasteiger partial charge >= 0.3 is 11.9 Å². The van der Waals surface area contributed by atoms with E-state index in [-0.39, 0.29) is 19.4 Å². The van der Waals surface area contributed by atoms with Crippen molar-refractivity contribution >= 4 is 11.9 Å². The van der Waals surface area contributed by atoms with Gasteiger partial charge in [-0.1, -0.05) is 0 Å². The third-order valence-electron chi connectivity index (χ3n) is 2.25. The van der Waals surface area contributed by atoms with Crippen LogP contribution in [-0.4, -0.2) is 29.2 Å². The molecule has 5 heteroatoms. The lowest BCUT2D eigenvalue weighted by Crippen LogP contribution is -2.60. The third-order valence-corrected chi connectivity index (χ3v) is 2.25. The minimum absolute atomic E-state index is 0.182. The highest BCUT2D eigenvalue weighted by Gasteiger charge is 2.51. The van der Waals surface area contributed by atoms with Gasteiger partial charge in [-0.15, -0.1) is 0 Å². The number of carboxylic acids is 1. The number of ether oxygens (including phenoxy) is 1. The van der Waals surface area contributed by atoms with Crippen LogP contribution in [-0.2, 0) is 14.3 Å². The molecule has 1 aliphatic rings. The molecule has 1 saturated carbocycles. The third kappa shape index (κ3) is 1.80. The maximum atomic E-state index is 11.2. The molecule has 0 aromatic heterocycles. The standard InChI is InChI=1S/C8H13NO4/c1-2-13-7(12)8(9)3-5(4-8)6(10)11/h5H,2-4,9H2,1H3,(H,10,11). The Bertz CT molecular complexity index is 232. The maximum absolute atomic E-state index is 11.2. The number of esters is 1. The van der Waals surface area contributed by atoms with E-state index < -0.39 is 23.4 Å². The van der Waals surface area contributed by atoms with Gasteiger partial charge in [0.05, 0.1) is 12.5 Å². The van der Waals surface area contributed by atoms with Crippen molar-refractivity contribution in [3.8, 4) is 0 Å². The van der Waals surface area contributed by atoms with Crippen LogP contribution >= 0.6 is 0 Å². The van der Waals surface area contributed by atoms with Gasteiger partial charge in [0.1, 0.15) is 5.54 Å². The molecule has 0 unspecified atom stereocenters. The molecule has 0 saturated heterocycles. The van der Waals surface area contributed by atoms with Crippen molar-refractivity contribution in [2.75, 3.05) is 6.61 Å². The molecule has 1 rings (SSSR count). The van der Waals surface area contributed by atoms with Crippen molar-refractivity contribution in [2.45, 2.75) is 25.3 Å². The molecule has 3 N–H and O–H groups in total. The summed E-state index contributed by atoms with van der Waals surface area (Å²) in [6.07, 6.45) is 0.363. The summed E-state index contributed by atoms with van der Waals surface area (Å²) >= 11 is 0. The first-order valence-electron chi connectivity index (χ1n) is 4.18. The number of nitrogens with two attached hydrogens (primary N) is 1. The van der Waals surface area contributed by atoms with Crippen molar-refractivity contribution in [1.82, 2.24) is 0 Å². The molecule has 13 heavy (non-hydrogen) atoms. The quantitative estimate of drug-likeness (QED) is 0.594. The molecular weight excluding hydrogens is 174 g/mol. The van der Waals surface area contributed by atoms with Crippen LogP contribution in [0, 0.1) is 5.92 Å². The molecule has 0 heterocycles. The zero-order valence-corrected chi connectivity index (χ0v) is 7.45. The minimum atomic E-state index is -1.06. The molecule has 5 nitrogen and oxygen atoms in total. The van der Waals surface area contributed by atoms with E-state index >= 15 is 0 Å². The summed E-state index contributed by atoms with van der Waals surface area (Å²) in [4.78, 5) is 21.6. The Morgan fingerprint density at radius 1 is 1.62 bits per heavy atom. The van der Waals surface area contributed by atoms with Crippen molar-refractivity contribution in [2.24, 2.45) is 11.7 Å². The first-order chi connectivity index (χ1) is 5.99. The van der Waals surface area contributed by atoms with Gasteiger partial charge in [0.2, 0.25) is 0 Å². The van der Waals surface area contributed by atoms with Crippen LogP contribution in [0.3, 0.4) is 0 Å². The lowest BCUT2D eigenvalue weighted by Gasteiger charge is -2.39. The number of aliphatic carboxylic acids is 1. The molecule has 0 spiro atoms. The molecule has 0 aromatic carbocycles. The largest absolute Gasteiger partial charge is 0.481 e. The van der Waals surface area contributed by atoms with Crippen LogP contribution in [0.1, 0.15) is 19.8 Å². The summed E-state index contributed by atoms with van der Waals surface area (Å²) in [5, 5.41) is 8.57. The number of hydrogen-bond donors (Lipinski definition) is 2. The Morgan fingerprint density at radius 2 is 2.15 bits per heavy atom. The lowest BCUT2D eigenvalue weighted by atomic mass is 9.69. The van der Waals surface area contributed by atoms with E-state index in [0.29, 0.717) is 0 Å². The highest BCUT2D eigenvalue weighted by molar-refractivity contribution is 5.85. The van der Waals surface area contributed by atoms with Crippen molar-refractivity contribution in [3.05, 3.63) is 0 Å². The topological polar surface area (TPSA) is 89.6 Å². The summed E-state index contributed by atoms with van der Waals surface area (Å²) in [6.45, 7) is 1.96. The fraction of sp³-hybridized carbons (Fsp3) is 0.750. The Hall–Kier alpha value is -1.10. The van der Waals surface area contributed by atoms with E-state index in [1.807, 2.05) is 0 Å². The van der Waals surface area contributed by atoms with Crippen LogP contribution in [0.2, 0.25) is 0 Å². The average molecular weight is 187 g/mol. The van der Waals surface area contributed by atoms with E-state index in [4.69, 9.17) is 15.6 Å². The zero-order chi connectivity index (χ0) is 10.1. The molecule has 0 aromatic rings. The predicted octanol–water partition coefficient (Wildman–Crippen LogP) is -0.258. The summed E-state index contributed by atoms with van der Waals surface area (Å²) in [5.41, 5.74) is 4.57. The van der Waals surface area contributed by atoms with E-state index in [1.165, 1.54) is 0 Å². The highest BCUT2D eigenvalue weighted by atomic mass is 16.5. The minimum Gasteiger partial charge on any atom is -0.481 e. The van der Waals surface area contributed by atoms with Gasteiger partial charge in [0.15, 0.2) is 0 Å². The first-order valence-corrected chi connectivity index (χ1v) is 4.18. The molecule has 74 valence electrons. The molecule has 0 atom stereocenters. The fourth-order valence-electron chi connectivity index (χ4n) is 1.44. The highest BCUT2D eigenvalue weighted by Crippen LogP contribution is 2.36. The van der Waals surface area contributed by atoms with E-state index in [1.54, 1.807) is 6.92 Å². The number of hydrogen-bond acceptors (Lipinski definition) is 4. The van der Waals surface area contributed by atoms with Crippen molar-refractivity contribution < 1.29 is 19.4 Å². The second-order valence-corrected chi connectivity index (χ2v) is 3.32. The molecular formula is C8H13NO4. The smallest absolute Gasteiger partial charge is 0.326 e. The molecule has 1 fully saturated rings. The monoisotopic (exact) mass is 187 g/mol. The van der Waals surface area contributed by atoms with Gasteiger partial charge in [0.25, 0.3) is 0 Å². The molecule has 0 radical (unpaired) electrons. The lowest BCUT2D eigenvalue weighted by molar-refractivity contribution is -0.160. The normalized spacial score (nSPS) is 32.0. The Labute approximate surface area is 75.9 Å². The number of carbonyl (C=O) groups is 2. The van der Waals surface area contributed by atoms with Gasteiger partial charge in [-0.3, -0.25) is 9.59 Å². The predicted molar refractivity (Wildman–Crippen MR) is 43.9 cm³/mol. The van der Waals surface area contributed by atoms with Crippen LogP contribution in [0.4, 0.5) is 0 Å². The molecule has 0 bridgehead atoms. The summed E-state index contributed by atoms with van der Waals surface area (Å²) in [5.74, 6) is -1.88. The van der Waals surface area contributed by atoms with Crippen molar-refractivity contribution in [1.29, 1.82) is 0 Å². The number of rotatable bonds is 3. The average Bonchev–Trinajstić information content (AvgIpc) is 1.98. The van der Waals surface area contributed by atoms with Gasteiger partial charge in [-0.2, -0.15) is 0 Å². The number of carbonyl (C=O) groups excluding carboxylic acids is 1. The Kier molecular flexibility index (Phi) is 2.56. The van der Waals surface area contributed by atoms with Crippen LogP contribution in [0.15, 0.2) is 0 Å². The summed E-state index contributed by atoms with van der Waals surface area (Å²) in [6, 6.07) is 0. The molecule has 0 amide bonds. The van der Waals surface area contributed by atoms with Gasteiger partial charge in [-0.25, -0.2) is 0 Å². The second-order valence-electron chi connectivity index (χ2n) is 3.32. The van der Waals surface area contributed by atoms with Gasteiger partial charge in [-0.05, 0) is 19.8 Å².